The van der Waals surface area contributed by atoms with Crippen molar-refractivity contribution >= 4 is 40.4 Å². The van der Waals surface area contributed by atoms with E-state index in [1.807, 2.05) is 37.3 Å². The number of nitrogens with one attached hydrogen (secondary N) is 2. The van der Waals surface area contributed by atoms with Crippen LogP contribution in [0.2, 0.25) is 0 Å². The zero-order valence-electron chi connectivity index (χ0n) is 11.5. The monoisotopic (exact) mass is 394 g/mol. The number of rotatable bonds is 5. The lowest BCUT2D eigenvalue weighted by Gasteiger charge is -2.08. The van der Waals surface area contributed by atoms with Crippen molar-refractivity contribution in [1.82, 2.24) is 10.4 Å². The van der Waals surface area contributed by atoms with Crippen LogP contribution in [-0.2, 0) is 4.79 Å². The molecular weight excluding hydrogens is 379 g/mol. The average molecular weight is 394 g/mol. The highest BCUT2D eigenvalue weighted by atomic mass is 127. The van der Waals surface area contributed by atoms with Gasteiger partial charge in [-0.3, -0.25) is 9.78 Å². The van der Waals surface area contributed by atoms with Crippen LogP contribution in [0.15, 0.2) is 47.7 Å². The fourth-order valence-electron chi connectivity index (χ4n) is 1.66. The van der Waals surface area contributed by atoms with Gasteiger partial charge in [0, 0.05) is 15.5 Å². The lowest BCUT2D eigenvalue weighted by atomic mass is 10.2. The summed E-state index contributed by atoms with van der Waals surface area (Å²) in [6.07, 6.45) is 3.18. The first kappa shape index (κ1) is 15.4. The highest BCUT2D eigenvalue weighted by molar-refractivity contribution is 14.1. The fourth-order valence-corrected chi connectivity index (χ4v) is 2.31. The van der Waals surface area contributed by atoms with E-state index >= 15 is 0 Å². The molecule has 0 saturated carbocycles. The summed E-state index contributed by atoms with van der Waals surface area (Å²) in [5, 5.41) is 6.95. The molecule has 0 spiro atoms. The van der Waals surface area contributed by atoms with Crippen LogP contribution in [0, 0.1) is 10.5 Å². The second-order valence-corrected chi connectivity index (χ2v) is 5.61. The molecule has 108 valence electrons. The summed E-state index contributed by atoms with van der Waals surface area (Å²) >= 11 is 2.26. The molecule has 1 amide bonds. The molecule has 0 atom stereocenters. The minimum Gasteiger partial charge on any atom is -0.376 e. The van der Waals surface area contributed by atoms with Gasteiger partial charge in [0.1, 0.15) is 0 Å². The van der Waals surface area contributed by atoms with Crippen molar-refractivity contribution in [1.29, 1.82) is 0 Å². The molecule has 0 aliphatic rings. The molecule has 2 aromatic rings. The van der Waals surface area contributed by atoms with Crippen molar-refractivity contribution in [2.75, 3.05) is 11.9 Å². The van der Waals surface area contributed by atoms with E-state index in [9.17, 15) is 4.79 Å². The first-order valence-corrected chi connectivity index (χ1v) is 7.46. The number of benzene rings is 1. The molecule has 6 heteroatoms. The Morgan fingerprint density at radius 3 is 2.95 bits per heavy atom. The maximum absolute atomic E-state index is 11.7. The normalized spacial score (nSPS) is 10.6. The van der Waals surface area contributed by atoms with Gasteiger partial charge in [0.25, 0.3) is 5.91 Å². The van der Waals surface area contributed by atoms with E-state index in [0.717, 1.165) is 11.3 Å². The summed E-state index contributed by atoms with van der Waals surface area (Å²) in [6, 6.07) is 11.5. The minimum atomic E-state index is -0.208. The molecule has 1 aromatic carbocycles. The van der Waals surface area contributed by atoms with Crippen molar-refractivity contribution in [3.63, 3.8) is 0 Å². The van der Waals surface area contributed by atoms with Gasteiger partial charge in [-0.25, -0.2) is 5.43 Å². The van der Waals surface area contributed by atoms with Crippen molar-refractivity contribution < 1.29 is 4.79 Å². The number of anilines is 1. The third-order valence-electron chi connectivity index (χ3n) is 2.70. The molecule has 1 heterocycles. The van der Waals surface area contributed by atoms with Gasteiger partial charge in [-0.1, -0.05) is 6.07 Å². The van der Waals surface area contributed by atoms with E-state index in [0.29, 0.717) is 5.69 Å². The lowest BCUT2D eigenvalue weighted by molar-refractivity contribution is -0.119. The Morgan fingerprint density at radius 2 is 2.24 bits per heavy atom. The van der Waals surface area contributed by atoms with Gasteiger partial charge in [0.2, 0.25) is 0 Å². The molecule has 0 aliphatic heterocycles. The Labute approximate surface area is 137 Å². The molecule has 0 fully saturated rings. The highest BCUT2D eigenvalue weighted by Crippen LogP contribution is 2.17. The van der Waals surface area contributed by atoms with Crippen molar-refractivity contribution in [2.45, 2.75) is 6.92 Å². The highest BCUT2D eigenvalue weighted by Gasteiger charge is 2.02. The van der Waals surface area contributed by atoms with Crippen LogP contribution in [0.5, 0.6) is 0 Å². The summed E-state index contributed by atoms with van der Waals surface area (Å²) in [7, 11) is 0. The molecule has 5 nitrogen and oxygen atoms in total. The van der Waals surface area contributed by atoms with E-state index in [2.05, 4.69) is 49.5 Å². The quantitative estimate of drug-likeness (QED) is 0.466. The van der Waals surface area contributed by atoms with Gasteiger partial charge in [-0.05, 0) is 65.4 Å². The number of nitrogens with zero attached hydrogens (tertiary/aromatic N) is 2. The third-order valence-corrected chi connectivity index (χ3v) is 3.37. The van der Waals surface area contributed by atoms with Crippen LogP contribution in [0.4, 0.5) is 5.69 Å². The average Bonchev–Trinajstić information content (AvgIpc) is 2.47. The predicted molar refractivity (Wildman–Crippen MR) is 92.4 cm³/mol. The standard InChI is InChI=1S/C15H15IN4O/c1-11-8-12(16)5-6-14(11)18-10-15(21)20-19-9-13-4-2-3-7-17-13/h2-9,18H,10H2,1H3,(H,20,21)/b19-9+. The molecule has 0 saturated heterocycles. The van der Waals surface area contributed by atoms with E-state index in [1.165, 1.54) is 9.78 Å². The topological polar surface area (TPSA) is 66.4 Å². The number of carbonyl (C=O) groups is 1. The van der Waals surface area contributed by atoms with Crippen LogP contribution in [0.25, 0.3) is 0 Å². The van der Waals surface area contributed by atoms with E-state index < -0.39 is 0 Å². The summed E-state index contributed by atoms with van der Waals surface area (Å²) in [5.74, 6) is -0.208. The SMILES string of the molecule is Cc1cc(I)ccc1NCC(=O)N/N=C/c1ccccn1. The van der Waals surface area contributed by atoms with E-state index in [-0.39, 0.29) is 12.5 Å². The molecule has 2 N–H and O–H groups in total. The second kappa shape index (κ2) is 7.72. The Kier molecular flexibility index (Phi) is 5.68. The van der Waals surface area contributed by atoms with Crippen molar-refractivity contribution in [2.24, 2.45) is 5.10 Å². The van der Waals surface area contributed by atoms with E-state index in [1.54, 1.807) is 6.20 Å². The molecule has 21 heavy (non-hydrogen) atoms. The molecule has 0 bridgehead atoms. The zero-order chi connectivity index (χ0) is 15.1. The first-order valence-electron chi connectivity index (χ1n) is 6.38. The molecule has 0 radical (unpaired) electrons. The summed E-state index contributed by atoms with van der Waals surface area (Å²) < 4.78 is 1.17. The first-order chi connectivity index (χ1) is 10.1. The summed E-state index contributed by atoms with van der Waals surface area (Å²) in [4.78, 5) is 15.7. The summed E-state index contributed by atoms with van der Waals surface area (Å²) in [6.45, 7) is 2.17. The molecule has 1 aromatic heterocycles. The second-order valence-electron chi connectivity index (χ2n) is 4.36. The number of pyridine rings is 1. The Hall–Kier alpha value is -1.96. The largest absolute Gasteiger partial charge is 0.376 e. The van der Waals surface area contributed by atoms with Gasteiger partial charge >= 0.3 is 0 Å². The van der Waals surface area contributed by atoms with Crippen molar-refractivity contribution in [3.8, 4) is 0 Å². The van der Waals surface area contributed by atoms with Crippen molar-refractivity contribution in [3.05, 3.63) is 57.4 Å². The maximum Gasteiger partial charge on any atom is 0.259 e. The Bertz CT molecular complexity index is 643. The number of carbonyl (C=O) groups excluding carboxylic acids is 1. The third kappa shape index (κ3) is 5.14. The van der Waals surface area contributed by atoms with Gasteiger partial charge in [0.05, 0.1) is 18.5 Å². The predicted octanol–water partition coefficient (Wildman–Crippen LogP) is 2.56. The number of aromatic nitrogens is 1. The van der Waals surface area contributed by atoms with Crippen LogP contribution < -0.4 is 10.7 Å². The summed E-state index contributed by atoms with van der Waals surface area (Å²) in [5.41, 5.74) is 5.20. The van der Waals surface area contributed by atoms with Gasteiger partial charge < -0.3 is 5.32 Å². The Morgan fingerprint density at radius 1 is 1.38 bits per heavy atom. The number of hydrogen-bond donors (Lipinski definition) is 2. The van der Waals surface area contributed by atoms with Crippen LogP contribution >= 0.6 is 22.6 Å². The van der Waals surface area contributed by atoms with Crippen LogP contribution in [-0.4, -0.2) is 23.7 Å². The van der Waals surface area contributed by atoms with Gasteiger partial charge in [-0.2, -0.15) is 5.10 Å². The smallest absolute Gasteiger partial charge is 0.259 e. The zero-order valence-corrected chi connectivity index (χ0v) is 13.7. The molecule has 0 aliphatic carbocycles. The Balaban J connectivity index is 1.81. The number of amides is 1. The molecule has 0 unspecified atom stereocenters. The van der Waals surface area contributed by atoms with Gasteiger partial charge in [0.15, 0.2) is 0 Å². The lowest BCUT2D eigenvalue weighted by Crippen LogP contribution is -2.26. The minimum absolute atomic E-state index is 0.168. The number of hydrogen-bond acceptors (Lipinski definition) is 4. The number of aryl methyl sites for hydroxylation is 1. The maximum atomic E-state index is 11.7. The molecular formula is C15H15IN4O. The number of halogens is 1. The van der Waals surface area contributed by atoms with Gasteiger partial charge in [-0.15, -0.1) is 0 Å². The van der Waals surface area contributed by atoms with Crippen LogP contribution in [0.3, 0.4) is 0 Å². The van der Waals surface area contributed by atoms with Crippen LogP contribution in [0.1, 0.15) is 11.3 Å². The fraction of sp³-hybridized carbons (Fsp3) is 0.133. The molecule has 2 rings (SSSR count). The van der Waals surface area contributed by atoms with E-state index in [4.69, 9.17) is 0 Å². The number of hydrazone groups is 1.